The highest BCUT2D eigenvalue weighted by Gasteiger charge is 2.30. The molecule has 0 radical (unpaired) electrons. The first-order chi connectivity index (χ1) is 8.97. The predicted molar refractivity (Wildman–Crippen MR) is 68.7 cm³/mol. The van der Waals surface area contributed by atoms with E-state index in [1.165, 1.54) is 17.4 Å². The number of fused-ring (bicyclic) bond motifs is 1. The summed E-state index contributed by atoms with van der Waals surface area (Å²) in [5, 5.41) is 7.18. The van der Waals surface area contributed by atoms with Gasteiger partial charge in [0.1, 0.15) is 4.83 Å². The van der Waals surface area contributed by atoms with Crippen molar-refractivity contribution < 1.29 is 13.2 Å². The second-order valence-corrected chi connectivity index (χ2v) is 5.08. The van der Waals surface area contributed by atoms with Gasteiger partial charge in [0.2, 0.25) is 0 Å². The number of alkyl halides is 3. The van der Waals surface area contributed by atoms with E-state index in [-0.39, 0.29) is 0 Å². The molecule has 2 nitrogen and oxygen atoms in total. The molecular weight excluding hydrogens is 273 g/mol. The number of halogens is 3. The monoisotopic (exact) mass is 282 g/mol. The summed E-state index contributed by atoms with van der Waals surface area (Å²) in [7, 11) is 0. The van der Waals surface area contributed by atoms with E-state index in [0.29, 0.717) is 5.69 Å². The molecule has 0 fully saturated rings. The van der Waals surface area contributed by atoms with E-state index < -0.39 is 11.7 Å². The Morgan fingerprint density at radius 2 is 2.00 bits per heavy atom. The molecule has 0 aliphatic carbocycles. The van der Waals surface area contributed by atoms with Crippen LogP contribution >= 0.6 is 11.3 Å². The second kappa shape index (κ2) is 4.09. The van der Waals surface area contributed by atoms with Gasteiger partial charge in [0.25, 0.3) is 0 Å². The van der Waals surface area contributed by atoms with Gasteiger partial charge in [0, 0.05) is 5.39 Å². The maximum absolute atomic E-state index is 12.7. The van der Waals surface area contributed by atoms with Crippen molar-refractivity contribution in [1.82, 2.24) is 9.78 Å². The van der Waals surface area contributed by atoms with Gasteiger partial charge in [-0.2, -0.15) is 18.3 Å². The largest absolute Gasteiger partial charge is 0.416 e. The summed E-state index contributed by atoms with van der Waals surface area (Å²) >= 11 is 1.46. The summed E-state index contributed by atoms with van der Waals surface area (Å²) in [5.41, 5.74) is 0.576. The van der Waals surface area contributed by atoms with Crippen molar-refractivity contribution in [3.8, 4) is 5.69 Å². The molecule has 3 aromatic rings. The van der Waals surface area contributed by atoms with Gasteiger partial charge in [0.15, 0.2) is 0 Å². The van der Waals surface area contributed by atoms with E-state index in [2.05, 4.69) is 5.10 Å². The number of nitrogens with zero attached hydrogens (tertiary/aromatic N) is 2. The Kier molecular flexibility index (Phi) is 2.63. The van der Waals surface area contributed by atoms with Gasteiger partial charge < -0.3 is 0 Å². The predicted octanol–water partition coefficient (Wildman–Crippen LogP) is 4.41. The molecule has 0 aliphatic rings. The standard InChI is InChI=1S/C13H9F3N2S/c1-8-11-5-6-19-12(11)18(17-8)10-4-2-3-9(7-10)13(14,15)16/h2-7H,1H3. The van der Waals surface area contributed by atoms with Gasteiger partial charge in [-0.1, -0.05) is 6.07 Å². The van der Waals surface area contributed by atoms with Crippen molar-refractivity contribution in [3.05, 3.63) is 47.0 Å². The lowest BCUT2D eigenvalue weighted by Gasteiger charge is -2.08. The summed E-state index contributed by atoms with van der Waals surface area (Å²) < 4.78 is 39.7. The first-order valence-electron chi connectivity index (χ1n) is 5.57. The molecule has 0 spiro atoms. The van der Waals surface area contributed by atoms with Crippen LogP contribution in [0.2, 0.25) is 0 Å². The van der Waals surface area contributed by atoms with Gasteiger partial charge in [-0.15, -0.1) is 11.3 Å². The fourth-order valence-corrected chi connectivity index (χ4v) is 2.90. The minimum absolute atomic E-state index is 0.426. The first kappa shape index (κ1) is 12.2. The number of aryl methyl sites for hydroxylation is 1. The van der Waals surface area contributed by atoms with Crippen LogP contribution in [0.3, 0.4) is 0 Å². The smallest absolute Gasteiger partial charge is 0.223 e. The lowest BCUT2D eigenvalue weighted by atomic mass is 10.2. The highest BCUT2D eigenvalue weighted by atomic mass is 32.1. The Morgan fingerprint density at radius 1 is 1.21 bits per heavy atom. The number of hydrogen-bond donors (Lipinski definition) is 0. The normalized spacial score (nSPS) is 12.2. The summed E-state index contributed by atoms with van der Waals surface area (Å²) in [5.74, 6) is 0. The van der Waals surface area contributed by atoms with Crippen LogP contribution in [-0.4, -0.2) is 9.78 Å². The summed E-state index contributed by atoms with van der Waals surface area (Å²) in [6.45, 7) is 1.85. The fraction of sp³-hybridized carbons (Fsp3) is 0.154. The third-order valence-corrected chi connectivity index (χ3v) is 3.78. The molecule has 19 heavy (non-hydrogen) atoms. The van der Waals surface area contributed by atoms with Crippen LogP contribution in [0.1, 0.15) is 11.3 Å². The molecule has 0 saturated heterocycles. The molecule has 0 aliphatic heterocycles. The maximum Gasteiger partial charge on any atom is 0.416 e. The molecule has 3 rings (SSSR count). The minimum atomic E-state index is -4.34. The fourth-order valence-electron chi connectivity index (χ4n) is 1.98. The average molecular weight is 282 g/mol. The number of rotatable bonds is 1. The quantitative estimate of drug-likeness (QED) is 0.646. The third kappa shape index (κ3) is 2.02. The Bertz CT molecular complexity index is 740. The number of benzene rings is 1. The molecule has 0 bridgehead atoms. The third-order valence-electron chi connectivity index (χ3n) is 2.89. The molecule has 1 aromatic carbocycles. The minimum Gasteiger partial charge on any atom is -0.223 e. The van der Waals surface area contributed by atoms with Gasteiger partial charge in [0.05, 0.1) is 16.9 Å². The van der Waals surface area contributed by atoms with E-state index in [9.17, 15) is 13.2 Å². The van der Waals surface area contributed by atoms with Crippen LogP contribution in [0.4, 0.5) is 13.2 Å². The van der Waals surface area contributed by atoms with E-state index in [1.807, 2.05) is 18.4 Å². The van der Waals surface area contributed by atoms with Crippen molar-refractivity contribution in [2.45, 2.75) is 13.1 Å². The zero-order valence-corrected chi connectivity index (χ0v) is 10.7. The first-order valence-corrected chi connectivity index (χ1v) is 6.45. The lowest BCUT2D eigenvalue weighted by molar-refractivity contribution is -0.137. The zero-order valence-electron chi connectivity index (χ0n) is 9.90. The van der Waals surface area contributed by atoms with Gasteiger partial charge in [-0.25, -0.2) is 4.68 Å². The SMILES string of the molecule is Cc1nn(-c2cccc(C(F)(F)F)c2)c2sccc12. The maximum atomic E-state index is 12.7. The van der Waals surface area contributed by atoms with Crippen LogP contribution < -0.4 is 0 Å². The van der Waals surface area contributed by atoms with Gasteiger partial charge in [-0.3, -0.25) is 0 Å². The van der Waals surface area contributed by atoms with Gasteiger partial charge in [-0.05, 0) is 36.6 Å². The van der Waals surface area contributed by atoms with E-state index in [1.54, 1.807) is 10.7 Å². The topological polar surface area (TPSA) is 17.8 Å². The van der Waals surface area contributed by atoms with E-state index in [4.69, 9.17) is 0 Å². The van der Waals surface area contributed by atoms with Crippen LogP contribution in [0.15, 0.2) is 35.7 Å². The van der Waals surface area contributed by atoms with E-state index >= 15 is 0 Å². The van der Waals surface area contributed by atoms with Crippen LogP contribution in [-0.2, 0) is 6.18 Å². The van der Waals surface area contributed by atoms with E-state index in [0.717, 1.165) is 28.0 Å². The Labute approximate surface area is 111 Å². The summed E-state index contributed by atoms with van der Waals surface area (Å²) in [6, 6.07) is 7.12. The van der Waals surface area contributed by atoms with Crippen molar-refractivity contribution >= 4 is 21.6 Å². The van der Waals surface area contributed by atoms with Crippen molar-refractivity contribution in [2.75, 3.05) is 0 Å². The van der Waals surface area contributed by atoms with Crippen molar-refractivity contribution in [1.29, 1.82) is 0 Å². The second-order valence-electron chi connectivity index (χ2n) is 4.18. The highest BCUT2D eigenvalue weighted by Crippen LogP contribution is 2.32. The van der Waals surface area contributed by atoms with Crippen molar-refractivity contribution in [3.63, 3.8) is 0 Å². The molecule has 0 N–H and O–H groups in total. The summed E-state index contributed by atoms with van der Waals surface area (Å²) in [6.07, 6.45) is -4.34. The molecule has 0 unspecified atom stereocenters. The highest BCUT2D eigenvalue weighted by molar-refractivity contribution is 7.16. The number of hydrogen-bond acceptors (Lipinski definition) is 2. The molecule has 2 aromatic heterocycles. The Hall–Kier alpha value is -1.82. The lowest BCUT2D eigenvalue weighted by Crippen LogP contribution is -2.06. The molecule has 6 heteroatoms. The zero-order chi connectivity index (χ0) is 13.6. The van der Waals surface area contributed by atoms with Crippen molar-refractivity contribution in [2.24, 2.45) is 0 Å². The molecule has 0 saturated carbocycles. The van der Waals surface area contributed by atoms with Crippen LogP contribution in [0.25, 0.3) is 15.9 Å². The number of thiophene rings is 1. The summed E-state index contributed by atoms with van der Waals surface area (Å²) in [4.78, 5) is 0.858. The molecule has 0 amide bonds. The Balaban J connectivity index is 2.19. The van der Waals surface area contributed by atoms with Crippen LogP contribution in [0.5, 0.6) is 0 Å². The Morgan fingerprint density at radius 3 is 2.74 bits per heavy atom. The molecular formula is C13H9F3N2S. The van der Waals surface area contributed by atoms with Gasteiger partial charge >= 0.3 is 6.18 Å². The average Bonchev–Trinajstić information content (AvgIpc) is 2.93. The number of aromatic nitrogens is 2. The molecule has 98 valence electrons. The molecule has 0 atom stereocenters. The molecule has 2 heterocycles. The van der Waals surface area contributed by atoms with Crippen LogP contribution in [0, 0.1) is 6.92 Å².